The molecule has 5 nitrogen and oxygen atoms in total. The van der Waals surface area contributed by atoms with Gasteiger partial charge in [0.25, 0.3) is 0 Å². The number of nitrogens with zero attached hydrogens (tertiary/aromatic N) is 1. The first-order chi connectivity index (χ1) is 10.1. The summed E-state index contributed by atoms with van der Waals surface area (Å²) in [6, 6.07) is 8.90. The lowest BCUT2D eigenvalue weighted by molar-refractivity contribution is -0.135. The standard InChI is InChI=1S/C16H22N2O3/c1-3-17-15(20)12-18(4-2)16(21)11-10-14(19)13-8-6-5-7-9-13/h5-9H,3-4,10-12H2,1-2H3,(H,17,20). The Labute approximate surface area is 125 Å². The molecule has 0 saturated carbocycles. The molecule has 21 heavy (non-hydrogen) atoms. The number of carbonyl (C=O) groups is 3. The van der Waals surface area contributed by atoms with Gasteiger partial charge in [0.1, 0.15) is 0 Å². The van der Waals surface area contributed by atoms with Crippen molar-refractivity contribution in [2.75, 3.05) is 19.6 Å². The topological polar surface area (TPSA) is 66.5 Å². The summed E-state index contributed by atoms with van der Waals surface area (Å²) in [5, 5.41) is 2.66. The van der Waals surface area contributed by atoms with Crippen LogP contribution in [-0.4, -0.2) is 42.1 Å². The quantitative estimate of drug-likeness (QED) is 0.740. The third kappa shape index (κ3) is 5.77. The normalized spacial score (nSPS) is 10.0. The molecule has 0 radical (unpaired) electrons. The molecule has 0 heterocycles. The van der Waals surface area contributed by atoms with Crippen LogP contribution in [0.2, 0.25) is 0 Å². The Hall–Kier alpha value is -2.17. The zero-order chi connectivity index (χ0) is 15.7. The summed E-state index contributed by atoms with van der Waals surface area (Å²) in [4.78, 5) is 36.9. The first-order valence-corrected chi connectivity index (χ1v) is 7.21. The Morgan fingerprint density at radius 1 is 1.05 bits per heavy atom. The van der Waals surface area contributed by atoms with Gasteiger partial charge >= 0.3 is 0 Å². The molecule has 114 valence electrons. The number of likely N-dealkylation sites (N-methyl/N-ethyl adjacent to an activating group) is 2. The van der Waals surface area contributed by atoms with Crippen LogP contribution in [0.1, 0.15) is 37.0 Å². The number of ketones is 1. The molecule has 0 aliphatic carbocycles. The van der Waals surface area contributed by atoms with Crippen LogP contribution in [0.3, 0.4) is 0 Å². The van der Waals surface area contributed by atoms with Crippen molar-refractivity contribution < 1.29 is 14.4 Å². The highest BCUT2D eigenvalue weighted by molar-refractivity contribution is 5.98. The second-order valence-corrected chi connectivity index (χ2v) is 4.65. The zero-order valence-corrected chi connectivity index (χ0v) is 12.6. The highest BCUT2D eigenvalue weighted by Gasteiger charge is 2.16. The van der Waals surface area contributed by atoms with Crippen molar-refractivity contribution in [3.05, 3.63) is 35.9 Å². The van der Waals surface area contributed by atoms with Crippen molar-refractivity contribution >= 4 is 17.6 Å². The first-order valence-electron chi connectivity index (χ1n) is 7.21. The molecule has 1 N–H and O–H groups in total. The molecule has 2 amide bonds. The van der Waals surface area contributed by atoms with Gasteiger partial charge in [-0.15, -0.1) is 0 Å². The molecule has 5 heteroatoms. The molecular formula is C16H22N2O3. The lowest BCUT2D eigenvalue weighted by Gasteiger charge is -2.20. The van der Waals surface area contributed by atoms with Crippen molar-refractivity contribution in [2.24, 2.45) is 0 Å². The summed E-state index contributed by atoms with van der Waals surface area (Å²) < 4.78 is 0. The van der Waals surface area contributed by atoms with Crippen LogP contribution in [0.5, 0.6) is 0 Å². The number of hydrogen-bond donors (Lipinski definition) is 1. The molecule has 1 aromatic rings. The Kier molecular flexibility index (Phi) is 7.15. The van der Waals surface area contributed by atoms with Gasteiger partial charge in [0.15, 0.2) is 5.78 Å². The van der Waals surface area contributed by atoms with E-state index in [1.54, 1.807) is 24.3 Å². The van der Waals surface area contributed by atoms with E-state index in [1.165, 1.54) is 4.90 Å². The van der Waals surface area contributed by atoms with Gasteiger partial charge in [0, 0.05) is 31.5 Å². The molecule has 1 rings (SSSR count). The van der Waals surface area contributed by atoms with Crippen LogP contribution in [0, 0.1) is 0 Å². The van der Waals surface area contributed by atoms with Crippen molar-refractivity contribution in [2.45, 2.75) is 26.7 Å². The molecule has 0 aromatic heterocycles. The van der Waals surface area contributed by atoms with Gasteiger partial charge < -0.3 is 10.2 Å². The molecule has 0 saturated heterocycles. The van der Waals surface area contributed by atoms with Gasteiger partial charge in [-0.1, -0.05) is 30.3 Å². The number of amides is 2. The summed E-state index contributed by atoms with van der Waals surface area (Å²) in [5.41, 5.74) is 0.608. The van der Waals surface area contributed by atoms with Gasteiger partial charge in [0.2, 0.25) is 11.8 Å². The first kappa shape index (κ1) is 16.9. The Bertz CT molecular complexity index is 486. The molecule has 0 bridgehead atoms. The lowest BCUT2D eigenvalue weighted by Crippen LogP contribution is -2.40. The van der Waals surface area contributed by atoms with Gasteiger partial charge in [-0.2, -0.15) is 0 Å². The monoisotopic (exact) mass is 290 g/mol. The molecule has 0 aliphatic heterocycles. The van der Waals surface area contributed by atoms with Crippen molar-refractivity contribution in [1.82, 2.24) is 10.2 Å². The predicted molar refractivity (Wildman–Crippen MR) is 80.9 cm³/mol. The maximum atomic E-state index is 12.0. The lowest BCUT2D eigenvalue weighted by atomic mass is 10.1. The minimum absolute atomic E-state index is 0.0443. The van der Waals surface area contributed by atoms with E-state index >= 15 is 0 Å². The Balaban J connectivity index is 2.47. The van der Waals surface area contributed by atoms with Crippen LogP contribution >= 0.6 is 0 Å². The summed E-state index contributed by atoms with van der Waals surface area (Å²) in [6.45, 7) is 4.68. The highest BCUT2D eigenvalue weighted by atomic mass is 16.2. The smallest absolute Gasteiger partial charge is 0.239 e. The van der Waals surface area contributed by atoms with E-state index in [2.05, 4.69) is 5.32 Å². The molecule has 0 spiro atoms. The van der Waals surface area contributed by atoms with Gasteiger partial charge in [-0.25, -0.2) is 0 Å². The van der Waals surface area contributed by atoms with Crippen molar-refractivity contribution in [1.29, 1.82) is 0 Å². The van der Waals surface area contributed by atoms with E-state index in [4.69, 9.17) is 0 Å². The number of carbonyl (C=O) groups excluding carboxylic acids is 3. The number of hydrogen-bond acceptors (Lipinski definition) is 3. The van der Waals surface area contributed by atoms with Crippen molar-refractivity contribution in [3.63, 3.8) is 0 Å². The highest BCUT2D eigenvalue weighted by Crippen LogP contribution is 2.06. The Morgan fingerprint density at radius 2 is 1.71 bits per heavy atom. The third-order valence-corrected chi connectivity index (χ3v) is 3.10. The van der Waals surface area contributed by atoms with Gasteiger partial charge in [-0.05, 0) is 13.8 Å². The molecule has 0 fully saturated rings. The van der Waals surface area contributed by atoms with Crippen molar-refractivity contribution in [3.8, 4) is 0 Å². The van der Waals surface area contributed by atoms with Crippen LogP contribution in [-0.2, 0) is 9.59 Å². The summed E-state index contributed by atoms with van der Waals surface area (Å²) >= 11 is 0. The van der Waals surface area contributed by atoms with E-state index in [0.717, 1.165) is 0 Å². The van der Waals surface area contributed by atoms with E-state index < -0.39 is 0 Å². The summed E-state index contributed by atoms with van der Waals surface area (Å²) in [7, 11) is 0. The van der Waals surface area contributed by atoms with E-state index in [0.29, 0.717) is 18.7 Å². The summed E-state index contributed by atoms with van der Waals surface area (Å²) in [6.07, 6.45) is 0.287. The fourth-order valence-electron chi connectivity index (χ4n) is 1.95. The van der Waals surface area contributed by atoms with Gasteiger partial charge in [0.05, 0.1) is 6.54 Å². The average molecular weight is 290 g/mol. The average Bonchev–Trinajstić information content (AvgIpc) is 2.51. The second kappa shape index (κ2) is 8.89. The van der Waals surface area contributed by atoms with E-state index in [1.807, 2.05) is 19.9 Å². The molecular weight excluding hydrogens is 268 g/mol. The van der Waals surface area contributed by atoms with Crippen LogP contribution < -0.4 is 5.32 Å². The SMILES string of the molecule is CCNC(=O)CN(CC)C(=O)CCC(=O)c1ccccc1. The van der Waals surface area contributed by atoms with E-state index in [9.17, 15) is 14.4 Å². The number of Topliss-reactive ketones (excluding diaryl/α,β-unsaturated/α-hetero) is 1. The molecule has 0 aliphatic rings. The minimum Gasteiger partial charge on any atom is -0.355 e. The van der Waals surface area contributed by atoms with Crippen LogP contribution in [0.15, 0.2) is 30.3 Å². The molecule has 0 atom stereocenters. The number of rotatable bonds is 8. The Morgan fingerprint density at radius 3 is 2.29 bits per heavy atom. The van der Waals surface area contributed by atoms with E-state index in [-0.39, 0.29) is 37.0 Å². The summed E-state index contributed by atoms with van der Waals surface area (Å²) in [5.74, 6) is -0.409. The maximum absolute atomic E-state index is 12.0. The largest absolute Gasteiger partial charge is 0.355 e. The maximum Gasteiger partial charge on any atom is 0.239 e. The predicted octanol–water partition coefficient (Wildman–Crippen LogP) is 1.63. The fraction of sp³-hybridized carbons (Fsp3) is 0.438. The van der Waals surface area contributed by atoms with Gasteiger partial charge in [-0.3, -0.25) is 14.4 Å². The number of nitrogens with one attached hydrogen (secondary N) is 1. The number of benzene rings is 1. The van der Waals surface area contributed by atoms with Crippen LogP contribution in [0.25, 0.3) is 0 Å². The zero-order valence-electron chi connectivity index (χ0n) is 12.6. The van der Waals surface area contributed by atoms with Crippen LogP contribution in [0.4, 0.5) is 0 Å². The minimum atomic E-state index is -0.179. The molecule has 0 unspecified atom stereocenters. The molecule has 1 aromatic carbocycles. The second-order valence-electron chi connectivity index (χ2n) is 4.65. The third-order valence-electron chi connectivity index (χ3n) is 3.10. The fourth-order valence-corrected chi connectivity index (χ4v) is 1.95.